The summed E-state index contributed by atoms with van der Waals surface area (Å²) in [5.74, 6) is -0.0234. The van der Waals surface area contributed by atoms with Crippen molar-refractivity contribution in [1.29, 1.82) is 0 Å². The van der Waals surface area contributed by atoms with Crippen molar-refractivity contribution in [3.8, 4) is 11.3 Å². The molecule has 2 heterocycles. The maximum absolute atomic E-state index is 12.1. The molecule has 0 unspecified atom stereocenters. The summed E-state index contributed by atoms with van der Waals surface area (Å²) < 4.78 is 0. The maximum atomic E-state index is 12.1. The van der Waals surface area contributed by atoms with E-state index in [1.165, 1.54) is 11.3 Å². The molecule has 26 heavy (non-hydrogen) atoms. The van der Waals surface area contributed by atoms with Crippen molar-refractivity contribution in [1.82, 2.24) is 10.3 Å². The number of benzene rings is 2. The third-order valence-corrected chi connectivity index (χ3v) is 5.07. The first-order valence-corrected chi connectivity index (χ1v) is 9.23. The molecule has 2 aromatic carbocycles. The fourth-order valence-corrected chi connectivity index (χ4v) is 3.71. The lowest BCUT2D eigenvalue weighted by Gasteiger charge is -2.04. The Morgan fingerprint density at radius 1 is 1.19 bits per heavy atom. The van der Waals surface area contributed by atoms with E-state index in [1.807, 2.05) is 53.9 Å². The summed E-state index contributed by atoms with van der Waals surface area (Å²) in [5.41, 5.74) is 4.73. The van der Waals surface area contributed by atoms with Crippen LogP contribution in [0, 0.1) is 0 Å². The van der Waals surface area contributed by atoms with E-state index in [2.05, 4.69) is 15.6 Å². The van der Waals surface area contributed by atoms with Crippen LogP contribution in [0.1, 0.15) is 16.1 Å². The lowest BCUT2D eigenvalue weighted by molar-refractivity contribution is -0.120. The van der Waals surface area contributed by atoms with Crippen LogP contribution in [0.5, 0.6) is 0 Å². The van der Waals surface area contributed by atoms with E-state index < -0.39 is 0 Å². The molecule has 0 radical (unpaired) electrons. The van der Waals surface area contributed by atoms with E-state index in [0.29, 0.717) is 13.0 Å². The van der Waals surface area contributed by atoms with Gasteiger partial charge in [0, 0.05) is 23.2 Å². The molecule has 0 saturated heterocycles. The second kappa shape index (κ2) is 7.09. The zero-order valence-corrected chi connectivity index (χ0v) is 14.8. The fourth-order valence-electron chi connectivity index (χ4n) is 2.91. The molecule has 130 valence electrons. The first-order valence-electron chi connectivity index (χ1n) is 8.35. The number of carbonyl (C=O) groups excluding carboxylic acids is 2. The minimum absolute atomic E-state index is 0.0196. The Balaban J connectivity index is 1.39. The highest BCUT2D eigenvalue weighted by Gasteiger charge is 2.18. The van der Waals surface area contributed by atoms with Crippen LogP contribution < -0.4 is 10.6 Å². The van der Waals surface area contributed by atoms with Crippen LogP contribution in [0.3, 0.4) is 0 Å². The summed E-state index contributed by atoms with van der Waals surface area (Å²) in [7, 11) is 0. The van der Waals surface area contributed by atoms with Crippen molar-refractivity contribution in [3.63, 3.8) is 0 Å². The van der Waals surface area contributed by atoms with Gasteiger partial charge in [-0.15, -0.1) is 11.3 Å². The average Bonchev–Trinajstić information content (AvgIpc) is 3.25. The zero-order valence-electron chi connectivity index (χ0n) is 14.0. The number of amides is 2. The summed E-state index contributed by atoms with van der Waals surface area (Å²) in [6.07, 6.45) is 0.671. The number of hydrogen-bond donors (Lipinski definition) is 2. The molecule has 0 fully saturated rings. The molecule has 1 aliphatic heterocycles. The van der Waals surface area contributed by atoms with E-state index >= 15 is 0 Å². The van der Waals surface area contributed by atoms with E-state index in [-0.39, 0.29) is 18.2 Å². The summed E-state index contributed by atoms with van der Waals surface area (Å²) in [5, 5.41) is 8.47. The number of fused-ring (bicyclic) bond motifs is 1. The van der Waals surface area contributed by atoms with Crippen LogP contribution in [0.2, 0.25) is 0 Å². The highest BCUT2D eigenvalue weighted by molar-refractivity contribution is 7.10. The average molecular weight is 363 g/mol. The molecule has 0 aliphatic carbocycles. The molecule has 0 atom stereocenters. The highest BCUT2D eigenvalue weighted by Crippen LogP contribution is 2.29. The Bertz CT molecular complexity index is 966. The van der Waals surface area contributed by atoms with Crippen molar-refractivity contribution in [2.45, 2.75) is 19.4 Å². The van der Waals surface area contributed by atoms with Crippen LogP contribution in [0.25, 0.3) is 11.3 Å². The standard InChI is InChI=1S/C20H17N3O2S/c24-18(21-11-13-4-2-1-3-5-13)10-20-23-17(12-26-20)14-6-7-16-15(8-14)9-19(25)22-16/h1-8,12H,9-11H2,(H,21,24)(H,22,25). The van der Waals surface area contributed by atoms with Gasteiger partial charge in [-0.1, -0.05) is 36.4 Å². The number of aromatic nitrogens is 1. The molecule has 2 N–H and O–H groups in total. The SMILES string of the molecule is O=C(Cc1nc(-c2ccc3c(c2)CC(=O)N3)cs1)NCc1ccccc1. The highest BCUT2D eigenvalue weighted by atomic mass is 32.1. The van der Waals surface area contributed by atoms with Crippen LogP contribution in [0.15, 0.2) is 53.9 Å². The van der Waals surface area contributed by atoms with Gasteiger partial charge in [-0.3, -0.25) is 9.59 Å². The van der Waals surface area contributed by atoms with E-state index in [0.717, 1.165) is 33.1 Å². The molecule has 5 nitrogen and oxygen atoms in total. The number of hydrogen-bond acceptors (Lipinski definition) is 4. The number of thiazole rings is 1. The van der Waals surface area contributed by atoms with Gasteiger partial charge in [-0.25, -0.2) is 4.98 Å². The van der Waals surface area contributed by atoms with Gasteiger partial charge in [0.15, 0.2) is 0 Å². The Hall–Kier alpha value is -2.99. The van der Waals surface area contributed by atoms with Crippen molar-refractivity contribution in [3.05, 3.63) is 70.0 Å². The summed E-state index contributed by atoms with van der Waals surface area (Å²) >= 11 is 1.47. The zero-order chi connectivity index (χ0) is 17.9. The molecule has 0 spiro atoms. The van der Waals surface area contributed by atoms with Crippen molar-refractivity contribution < 1.29 is 9.59 Å². The largest absolute Gasteiger partial charge is 0.352 e. The van der Waals surface area contributed by atoms with Crippen LogP contribution in [-0.4, -0.2) is 16.8 Å². The Labute approximate surface area is 155 Å². The monoisotopic (exact) mass is 363 g/mol. The number of nitrogens with zero attached hydrogens (tertiary/aromatic N) is 1. The maximum Gasteiger partial charge on any atom is 0.228 e. The summed E-state index contributed by atoms with van der Waals surface area (Å²) in [6.45, 7) is 0.518. The predicted octanol–water partition coefficient (Wildman–Crippen LogP) is 3.16. The smallest absolute Gasteiger partial charge is 0.228 e. The number of carbonyl (C=O) groups is 2. The fraction of sp³-hybridized carbons (Fsp3) is 0.150. The molecule has 0 saturated carbocycles. The quantitative estimate of drug-likeness (QED) is 0.731. The lowest BCUT2D eigenvalue weighted by atomic mass is 10.1. The lowest BCUT2D eigenvalue weighted by Crippen LogP contribution is -2.24. The van der Waals surface area contributed by atoms with Gasteiger partial charge in [-0.2, -0.15) is 0 Å². The van der Waals surface area contributed by atoms with E-state index in [1.54, 1.807) is 0 Å². The second-order valence-corrected chi connectivity index (χ2v) is 7.11. The van der Waals surface area contributed by atoms with Crippen LogP contribution >= 0.6 is 11.3 Å². The van der Waals surface area contributed by atoms with Crippen LogP contribution in [-0.2, 0) is 29.0 Å². The third kappa shape index (κ3) is 3.65. The molecule has 1 aliphatic rings. The number of nitrogens with one attached hydrogen (secondary N) is 2. The molecular weight excluding hydrogens is 346 g/mol. The first-order chi connectivity index (χ1) is 12.7. The molecule has 4 rings (SSSR count). The molecule has 1 aromatic heterocycles. The molecule has 2 amide bonds. The third-order valence-electron chi connectivity index (χ3n) is 4.22. The second-order valence-electron chi connectivity index (χ2n) is 6.16. The van der Waals surface area contributed by atoms with Crippen molar-refractivity contribution >= 4 is 28.8 Å². The normalized spacial score (nSPS) is 12.5. The molecular formula is C20H17N3O2S. The van der Waals surface area contributed by atoms with Crippen LogP contribution in [0.4, 0.5) is 5.69 Å². The molecule has 3 aromatic rings. The summed E-state index contributed by atoms with van der Waals surface area (Å²) in [6, 6.07) is 15.7. The first kappa shape index (κ1) is 16.5. The minimum Gasteiger partial charge on any atom is -0.352 e. The van der Waals surface area contributed by atoms with Gasteiger partial charge in [-0.05, 0) is 23.3 Å². The van der Waals surface area contributed by atoms with Gasteiger partial charge < -0.3 is 10.6 Å². The Morgan fingerprint density at radius 3 is 2.88 bits per heavy atom. The summed E-state index contributed by atoms with van der Waals surface area (Å²) in [4.78, 5) is 28.2. The van der Waals surface area contributed by atoms with Gasteiger partial charge in [0.2, 0.25) is 11.8 Å². The van der Waals surface area contributed by atoms with E-state index in [9.17, 15) is 9.59 Å². The minimum atomic E-state index is -0.0431. The van der Waals surface area contributed by atoms with Crippen molar-refractivity contribution in [2.75, 3.05) is 5.32 Å². The Morgan fingerprint density at radius 2 is 2.04 bits per heavy atom. The van der Waals surface area contributed by atoms with E-state index in [4.69, 9.17) is 0 Å². The topological polar surface area (TPSA) is 71.1 Å². The van der Waals surface area contributed by atoms with Gasteiger partial charge in [0.1, 0.15) is 5.01 Å². The van der Waals surface area contributed by atoms with Gasteiger partial charge >= 0.3 is 0 Å². The van der Waals surface area contributed by atoms with Crippen molar-refractivity contribution in [2.24, 2.45) is 0 Å². The van der Waals surface area contributed by atoms with Gasteiger partial charge in [0.05, 0.1) is 18.5 Å². The van der Waals surface area contributed by atoms with Gasteiger partial charge in [0.25, 0.3) is 0 Å². The number of anilines is 1. The Kier molecular flexibility index (Phi) is 4.50. The number of rotatable bonds is 5. The molecule has 0 bridgehead atoms. The predicted molar refractivity (Wildman–Crippen MR) is 102 cm³/mol. The molecule has 6 heteroatoms.